The maximum absolute atomic E-state index is 13.7. The second-order valence-electron chi connectivity index (χ2n) is 5.06. The number of fused-ring (bicyclic) bond motifs is 1. The number of benzene rings is 2. The van der Waals surface area contributed by atoms with Crippen molar-refractivity contribution in [3.05, 3.63) is 42.5 Å². The van der Waals surface area contributed by atoms with Gasteiger partial charge >= 0.3 is 17.2 Å². The topological polar surface area (TPSA) is 70.6 Å². The number of carbonyl (C=O) groups excluding carboxylic acids is 2. The first-order chi connectivity index (χ1) is 11.7. The Morgan fingerprint density at radius 1 is 1.16 bits per heavy atom. The third-order valence-corrected chi connectivity index (χ3v) is 4.40. The normalized spacial score (nSPS) is 22.2. The van der Waals surface area contributed by atoms with Gasteiger partial charge in [-0.1, -0.05) is 30.3 Å². The van der Waals surface area contributed by atoms with Gasteiger partial charge in [0.1, 0.15) is 0 Å². The zero-order valence-corrected chi connectivity index (χ0v) is 13.0. The van der Waals surface area contributed by atoms with E-state index in [1.807, 2.05) is 18.2 Å². The van der Waals surface area contributed by atoms with Crippen LogP contribution in [-0.2, 0) is 4.79 Å². The number of halogens is 4. The van der Waals surface area contributed by atoms with Gasteiger partial charge in [-0.2, -0.15) is 18.2 Å². The smallest absolute Gasteiger partial charge is 0.306 e. The Hall–Kier alpha value is -2.62. The van der Waals surface area contributed by atoms with Gasteiger partial charge in [0, 0.05) is 5.69 Å². The molecule has 0 aliphatic carbocycles. The average molecular weight is 371 g/mol. The maximum Gasteiger partial charge on any atom is 0.442 e. The zero-order valence-electron chi connectivity index (χ0n) is 12.2. The van der Waals surface area contributed by atoms with Gasteiger partial charge in [0.15, 0.2) is 5.17 Å². The van der Waals surface area contributed by atoms with Gasteiger partial charge in [-0.3, -0.25) is 4.79 Å². The highest BCUT2D eigenvalue weighted by molar-refractivity contribution is 8.16. The van der Waals surface area contributed by atoms with E-state index in [0.29, 0.717) is 5.69 Å². The molecule has 1 heterocycles. The van der Waals surface area contributed by atoms with E-state index in [-0.39, 0.29) is 0 Å². The summed E-state index contributed by atoms with van der Waals surface area (Å²) in [6.07, 6.45) is -5.42. The maximum atomic E-state index is 13.7. The second-order valence-corrected chi connectivity index (χ2v) is 6.21. The first-order valence-electron chi connectivity index (χ1n) is 6.84. The van der Waals surface area contributed by atoms with Gasteiger partial charge in [0.05, 0.1) is 0 Å². The molecule has 0 unspecified atom stereocenters. The van der Waals surface area contributed by atoms with E-state index in [2.05, 4.69) is 10.3 Å². The predicted molar refractivity (Wildman–Crippen MR) is 86.0 cm³/mol. The minimum atomic E-state index is -5.42. The molecular weight excluding hydrogens is 362 g/mol. The fourth-order valence-electron chi connectivity index (χ4n) is 2.13. The van der Waals surface area contributed by atoms with Gasteiger partial charge in [-0.05, 0) is 34.7 Å². The van der Waals surface area contributed by atoms with Crippen molar-refractivity contribution in [1.29, 1.82) is 0 Å². The van der Waals surface area contributed by atoms with Crippen LogP contribution in [0.1, 0.15) is 0 Å². The summed E-state index contributed by atoms with van der Waals surface area (Å²) in [6, 6.07) is 11.2. The van der Waals surface area contributed by atoms with E-state index in [1.54, 1.807) is 29.6 Å². The first-order valence-corrected chi connectivity index (χ1v) is 7.65. The number of aliphatic imine (C=N–C) groups is 1. The van der Waals surface area contributed by atoms with Crippen molar-refractivity contribution in [3.8, 4) is 0 Å². The van der Waals surface area contributed by atoms with Crippen LogP contribution in [0.15, 0.2) is 47.5 Å². The van der Waals surface area contributed by atoms with Gasteiger partial charge in [-0.15, -0.1) is 0 Å². The molecule has 2 N–H and O–H groups in total. The van der Waals surface area contributed by atoms with Crippen LogP contribution in [-0.4, -0.2) is 28.3 Å². The van der Waals surface area contributed by atoms with Crippen LogP contribution >= 0.6 is 11.8 Å². The lowest BCUT2D eigenvalue weighted by Crippen LogP contribution is -2.45. The number of anilines is 1. The molecule has 0 saturated carbocycles. The number of nitrogens with zero attached hydrogens (tertiary/aromatic N) is 1. The number of hydrogen-bond donors (Lipinski definition) is 2. The highest BCUT2D eigenvalue weighted by atomic mass is 32.2. The molecule has 3 rings (SSSR count). The first kappa shape index (κ1) is 17.2. The highest BCUT2D eigenvalue weighted by Gasteiger charge is 2.67. The lowest BCUT2D eigenvalue weighted by atomic mass is 10.1. The standard InChI is InChI=1S/C15H9F4N3O2S/c16-14(15(17,18)19)11(23)21-13(25-14)22-12(24)20-10-6-5-8-3-1-2-4-9(8)7-10/h1-7H,(H2,20,21,22,23,24)/t14-/m1/s1. The molecule has 1 aliphatic heterocycles. The molecule has 25 heavy (non-hydrogen) atoms. The van der Waals surface area contributed by atoms with Crippen molar-refractivity contribution >= 4 is 45.3 Å². The molecule has 0 radical (unpaired) electrons. The monoisotopic (exact) mass is 371 g/mol. The summed E-state index contributed by atoms with van der Waals surface area (Å²) in [4.78, 5) is 26.3. The lowest BCUT2D eigenvalue weighted by molar-refractivity contribution is -0.195. The molecule has 2 aromatic carbocycles. The summed E-state index contributed by atoms with van der Waals surface area (Å²) in [6.45, 7) is 0. The molecule has 0 bridgehead atoms. The Morgan fingerprint density at radius 2 is 1.84 bits per heavy atom. The van der Waals surface area contributed by atoms with Crippen LogP contribution < -0.4 is 10.6 Å². The van der Waals surface area contributed by atoms with Crippen molar-refractivity contribution in [1.82, 2.24) is 5.32 Å². The van der Waals surface area contributed by atoms with E-state index in [0.717, 1.165) is 10.8 Å². The lowest BCUT2D eigenvalue weighted by Gasteiger charge is -2.17. The SMILES string of the molecule is O=C(N=C1NC(=O)[C@](F)(C(F)(F)F)S1)Nc1ccc2ccccc2c1. The van der Waals surface area contributed by atoms with Crippen molar-refractivity contribution in [2.75, 3.05) is 5.32 Å². The number of carbonyl (C=O) groups is 2. The molecule has 3 amide bonds. The summed E-state index contributed by atoms with van der Waals surface area (Å²) < 4.78 is 51.5. The molecule has 1 atom stereocenters. The summed E-state index contributed by atoms with van der Waals surface area (Å²) in [5.74, 6) is -1.91. The Bertz CT molecular complexity index is 900. The minimum Gasteiger partial charge on any atom is -0.306 e. The zero-order chi connectivity index (χ0) is 18.2. The van der Waals surface area contributed by atoms with E-state index in [1.165, 1.54) is 0 Å². The Morgan fingerprint density at radius 3 is 2.48 bits per heavy atom. The van der Waals surface area contributed by atoms with Crippen LogP contribution in [0.25, 0.3) is 10.8 Å². The van der Waals surface area contributed by atoms with Crippen LogP contribution in [0.5, 0.6) is 0 Å². The van der Waals surface area contributed by atoms with Crippen molar-refractivity contribution in [2.45, 2.75) is 11.2 Å². The largest absolute Gasteiger partial charge is 0.442 e. The number of alkyl halides is 4. The number of hydrogen-bond acceptors (Lipinski definition) is 3. The van der Waals surface area contributed by atoms with Gasteiger partial charge in [0.2, 0.25) is 0 Å². The molecule has 0 aromatic heterocycles. The molecule has 130 valence electrons. The van der Waals surface area contributed by atoms with Crippen LogP contribution in [0.4, 0.5) is 28.0 Å². The van der Waals surface area contributed by atoms with E-state index in [9.17, 15) is 27.2 Å². The Labute approximate surface area is 142 Å². The van der Waals surface area contributed by atoms with Crippen molar-refractivity contribution < 1.29 is 27.2 Å². The van der Waals surface area contributed by atoms with Crippen molar-refractivity contribution in [3.63, 3.8) is 0 Å². The summed E-state index contributed by atoms with van der Waals surface area (Å²) in [5, 5.41) is 0.802. The number of thioether (sulfide) groups is 1. The third kappa shape index (κ3) is 3.29. The number of urea groups is 1. The number of amides is 3. The third-order valence-electron chi connectivity index (χ3n) is 3.32. The second kappa shape index (κ2) is 6.03. The Balaban J connectivity index is 1.75. The molecule has 5 nitrogen and oxygen atoms in total. The number of amidine groups is 1. The van der Waals surface area contributed by atoms with Crippen LogP contribution in [0.3, 0.4) is 0 Å². The minimum absolute atomic E-state index is 0.352. The summed E-state index contributed by atoms with van der Waals surface area (Å²) in [5.41, 5.74) is 0.352. The van der Waals surface area contributed by atoms with Gasteiger partial charge < -0.3 is 10.6 Å². The molecule has 2 aromatic rings. The van der Waals surface area contributed by atoms with Gasteiger partial charge in [-0.25, -0.2) is 9.18 Å². The van der Waals surface area contributed by atoms with E-state index >= 15 is 0 Å². The van der Waals surface area contributed by atoms with Crippen LogP contribution in [0.2, 0.25) is 0 Å². The quantitative estimate of drug-likeness (QED) is 0.749. The molecule has 10 heteroatoms. The van der Waals surface area contributed by atoms with Gasteiger partial charge in [0.25, 0.3) is 5.91 Å². The molecule has 1 aliphatic rings. The number of nitrogens with one attached hydrogen (secondary N) is 2. The highest BCUT2D eigenvalue weighted by Crippen LogP contribution is 2.46. The summed E-state index contributed by atoms with van der Waals surface area (Å²) >= 11 is -0.494. The molecule has 1 saturated heterocycles. The Kier molecular flexibility index (Phi) is 4.15. The molecular formula is C15H9F4N3O2S. The number of rotatable bonds is 1. The fourth-order valence-corrected chi connectivity index (χ4v) is 2.93. The molecule has 1 fully saturated rings. The van der Waals surface area contributed by atoms with E-state index < -0.39 is 40.0 Å². The molecule has 0 spiro atoms. The predicted octanol–water partition coefficient (Wildman–Crippen LogP) is 3.82. The van der Waals surface area contributed by atoms with E-state index in [4.69, 9.17) is 0 Å². The van der Waals surface area contributed by atoms with Crippen LogP contribution in [0, 0.1) is 0 Å². The average Bonchev–Trinajstić information content (AvgIpc) is 2.82. The van der Waals surface area contributed by atoms with Crippen molar-refractivity contribution in [2.24, 2.45) is 4.99 Å². The fraction of sp³-hybridized carbons (Fsp3) is 0.133. The summed E-state index contributed by atoms with van der Waals surface area (Å²) in [7, 11) is 0.